The number of fused-ring (bicyclic) bond motifs is 1. The molecule has 3 heterocycles. The predicted octanol–water partition coefficient (Wildman–Crippen LogP) is 1.09. The van der Waals surface area contributed by atoms with Gasteiger partial charge in [-0.05, 0) is 18.8 Å². The van der Waals surface area contributed by atoms with E-state index in [1.807, 2.05) is 30.5 Å². The molecule has 2 aromatic rings. The lowest BCUT2D eigenvalue weighted by molar-refractivity contribution is -0.121. The Morgan fingerprint density at radius 2 is 2.25 bits per heavy atom. The number of carbonyl (C=O) groups excluding carboxylic acids is 1. The maximum atomic E-state index is 12.0. The zero-order chi connectivity index (χ0) is 16.5. The summed E-state index contributed by atoms with van der Waals surface area (Å²) in [7, 11) is 1.94. The van der Waals surface area contributed by atoms with Crippen LogP contribution in [0.5, 0.6) is 0 Å². The van der Waals surface area contributed by atoms with Crippen LogP contribution in [0, 0.1) is 5.92 Å². The minimum absolute atomic E-state index is 0.184. The molecule has 1 fully saturated rings. The Hall–Kier alpha value is -2.15. The Morgan fingerprint density at radius 1 is 1.38 bits per heavy atom. The number of amides is 1. The maximum absolute atomic E-state index is 12.0. The normalized spacial score (nSPS) is 20.8. The molecule has 0 radical (unpaired) electrons. The van der Waals surface area contributed by atoms with Gasteiger partial charge in [0.2, 0.25) is 5.91 Å². The summed E-state index contributed by atoms with van der Waals surface area (Å²) in [6.45, 7) is 3.31. The van der Waals surface area contributed by atoms with E-state index in [2.05, 4.69) is 31.1 Å². The first-order valence-electron chi connectivity index (χ1n) is 8.64. The lowest BCUT2D eigenvalue weighted by Gasteiger charge is -2.34. The van der Waals surface area contributed by atoms with Crippen molar-refractivity contribution in [2.75, 3.05) is 13.1 Å². The van der Waals surface area contributed by atoms with E-state index >= 15 is 0 Å². The van der Waals surface area contributed by atoms with Gasteiger partial charge >= 0.3 is 0 Å². The fraction of sp³-hybridized carbons (Fsp3) is 0.588. The van der Waals surface area contributed by atoms with E-state index in [1.54, 1.807) is 0 Å². The summed E-state index contributed by atoms with van der Waals surface area (Å²) in [6, 6.07) is 0.232. The van der Waals surface area contributed by atoms with Gasteiger partial charge in [0.05, 0.1) is 24.3 Å². The zero-order valence-corrected chi connectivity index (χ0v) is 14.1. The molecular formula is C17H24N6O. The van der Waals surface area contributed by atoms with Crippen molar-refractivity contribution in [3.05, 3.63) is 36.2 Å². The summed E-state index contributed by atoms with van der Waals surface area (Å²) in [6.07, 6.45) is 10.9. The van der Waals surface area contributed by atoms with Crippen LogP contribution in [-0.4, -0.2) is 43.2 Å². The largest absolute Gasteiger partial charge is 0.354 e. The number of rotatable bonds is 6. The van der Waals surface area contributed by atoms with Gasteiger partial charge in [-0.15, -0.1) is 0 Å². The van der Waals surface area contributed by atoms with E-state index in [4.69, 9.17) is 0 Å². The van der Waals surface area contributed by atoms with Crippen LogP contribution in [0.1, 0.15) is 36.6 Å². The number of nitrogens with zero attached hydrogens (tertiary/aromatic N) is 5. The van der Waals surface area contributed by atoms with Crippen molar-refractivity contribution in [2.45, 2.75) is 38.4 Å². The highest BCUT2D eigenvalue weighted by atomic mass is 16.1. The molecule has 1 saturated carbocycles. The number of nitrogens with one attached hydrogen (secondary N) is 1. The Morgan fingerprint density at radius 3 is 3.00 bits per heavy atom. The van der Waals surface area contributed by atoms with Crippen LogP contribution in [-0.2, 0) is 24.9 Å². The standard InChI is InChI=1S/C17H24N6O/c1-21-8-14(5-20-21)9-22-10-15-6-18-12-23(15)16(11-22)7-19-17(24)4-13-2-3-13/h5-6,8,12-13,16H,2-4,7,9-11H2,1H3,(H,19,24)/t16-/m0/s1. The van der Waals surface area contributed by atoms with E-state index in [1.165, 1.54) is 24.1 Å². The van der Waals surface area contributed by atoms with E-state index in [0.717, 1.165) is 19.6 Å². The van der Waals surface area contributed by atoms with Crippen LogP contribution in [0.15, 0.2) is 24.9 Å². The molecule has 1 aliphatic carbocycles. The summed E-state index contributed by atoms with van der Waals surface area (Å²) in [5, 5.41) is 7.36. The summed E-state index contributed by atoms with van der Waals surface area (Å²) < 4.78 is 4.04. The third-order valence-corrected chi connectivity index (χ3v) is 4.86. The van der Waals surface area contributed by atoms with Gasteiger partial charge < -0.3 is 9.88 Å². The van der Waals surface area contributed by atoms with Gasteiger partial charge in [0.15, 0.2) is 0 Å². The highest BCUT2D eigenvalue weighted by Crippen LogP contribution is 2.32. The van der Waals surface area contributed by atoms with Crippen LogP contribution >= 0.6 is 0 Å². The van der Waals surface area contributed by atoms with Crippen molar-refractivity contribution >= 4 is 5.91 Å². The molecule has 0 unspecified atom stereocenters. The molecule has 2 aromatic heterocycles. The van der Waals surface area contributed by atoms with Crippen molar-refractivity contribution in [3.63, 3.8) is 0 Å². The number of imidazole rings is 1. The second-order valence-electron chi connectivity index (χ2n) is 7.09. The SMILES string of the molecule is Cn1cc(CN2Cc3cncn3[C@@H](CNC(=O)CC3CC3)C2)cn1. The first-order valence-corrected chi connectivity index (χ1v) is 8.64. The number of aryl methyl sites for hydroxylation is 1. The smallest absolute Gasteiger partial charge is 0.220 e. The molecule has 1 atom stereocenters. The van der Waals surface area contributed by atoms with E-state index in [-0.39, 0.29) is 11.9 Å². The van der Waals surface area contributed by atoms with E-state index < -0.39 is 0 Å². The minimum Gasteiger partial charge on any atom is -0.354 e. The monoisotopic (exact) mass is 328 g/mol. The highest BCUT2D eigenvalue weighted by molar-refractivity contribution is 5.76. The van der Waals surface area contributed by atoms with Gasteiger partial charge in [-0.1, -0.05) is 0 Å². The number of aromatic nitrogens is 4. The number of hydrogen-bond acceptors (Lipinski definition) is 4. The van der Waals surface area contributed by atoms with Gasteiger partial charge in [0.1, 0.15) is 0 Å². The second-order valence-corrected chi connectivity index (χ2v) is 7.09. The van der Waals surface area contributed by atoms with Gasteiger partial charge in [-0.2, -0.15) is 5.10 Å². The average molecular weight is 328 g/mol. The van der Waals surface area contributed by atoms with Gasteiger partial charge in [-0.25, -0.2) is 4.98 Å². The molecule has 1 amide bonds. The van der Waals surface area contributed by atoms with Gasteiger partial charge in [-0.3, -0.25) is 14.4 Å². The van der Waals surface area contributed by atoms with Crippen LogP contribution in [0.4, 0.5) is 0 Å². The van der Waals surface area contributed by atoms with Crippen molar-refractivity contribution in [3.8, 4) is 0 Å². The molecule has 7 nitrogen and oxygen atoms in total. The average Bonchev–Trinajstić information content (AvgIpc) is 3.06. The molecule has 128 valence electrons. The summed E-state index contributed by atoms with van der Waals surface area (Å²) in [5.41, 5.74) is 2.41. The van der Waals surface area contributed by atoms with E-state index in [9.17, 15) is 4.79 Å². The molecule has 24 heavy (non-hydrogen) atoms. The molecule has 1 aliphatic heterocycles. The van der Waals surface area contributed by atoms with Crippen molar-refractivity contribution < 1.29 is 4.79 Å². The van der Waals surface area contributed by atoms with Crippen LogP contribution in [0.3, 0.4) is 0 Å². The maximum Gasteiger partial charge on any atom is 0.220 e. The summed E-state index contributed by atoms with van der Waals surface area (Å²) >= 11 is 0. The first kappa shape index (κ1) is 15.4. The Labute approximate surface area is 141 Å². The highest BCUT2D eigenvalue weighted by Gasteiger charge is 2.27. The lowest BCUT2D eigenvalue weighted by atomic mass is 10.1. The Bertz CT molecular complexity index is 716. The topological polar surface area (TPSA) is 68.0 Å². The van der Waals surface area contributed by atoms with Crippen LogP contribution < -0.4 is 5.32 Å². The van der Waals surface area contributed by atoms with Crippen molar-refractivity contribution in [2.24, 2.45) is 13.0 Å². The predicted molar refractivity (Wildman–Crippen MR) is 88.9 cm³/mol. The molecule has 0 spiro atoms. The van der Waals surface area contributed by atoms with E-state index in [0.29, 0.717) is 18.9 Å². The number of hydrogen-bond donors (Lipinski definition) is 1. The number of carbonyl (C=O) groups is 1. The molecule has 0 saturated heterocycles. The Balaban J connectivity index is 1.39. The zero-order valence-electron chi connectivity index (χ0n) is 14.1. The first-order chi connectivity index (χ1) is 11.7. The fourth-order valence-corrected chi connectivity index (χ4v) is 3.45. The molecule has 4 rings (SSSR count). The molecule has 1 N–H and O–H groups in total. The summed E-state index contributed by atoms with van der Waals surface area (Å²) in [5.74, 6) is 0.811. The molecule has 7 heteroatoms. The second kappa shape index (κ2) is 6.39. The minimum atomic E-state index is 0.184. The quantitative estimate of drug-likeness (QED) is 0.862. The van der Waals surface area contributed by atoms with Gasteiger partial charge in [0, 0.05) is 57.6 Å². The molecule has 2 aliphatic rings. The van der Waals surface area contributed by atoms with Crippen molar-refractivity contribution in [1.82, 2.24) is 29.5 Å². The van der Waals surface area contributed by atoms with Crippen LogP contribution in [0.2, 0.25) is 0 Å². The third kappa shape index (κ3) is 3.51. The van der Waals surface area contributed by atoms with Crippen molar-refractivity contribution in [1.29, 1.82) is 0 Å². The molecule has 0 aromatic carbocycles. The van der Waals surface area contributed by atoms with Gasteiger partial charge in [0.25, 0.3) is 0 Å². The molecular weight excluding hydrogens is 304 g/mol. The summed E-state index contributed by atoms with van der Waals surface area (Å²) in [4.78, 5) is 18.7. The third-order valence-electron chi connectivity index (χ3n) is 4.86. The molecule has 0 bridgehead atoms. The fourth-order valence-electron chi connectivity index (χ4n) is 3.45. The van der Waals surface area contributed by atoms with Crippen LogP contribution in [0.25, 0.3) is 0 Å². The lowest BCUT2D eigenvalue weighted by Crippen LogP contribution is -2.42. The Kier molecular flexibility index (Phi) is 4.10.